The number of benzene rings is 1. The van der Waals surface area contributed by atoms with Gasteiger partial charge in [-0.25, -0.2) is 8.78 Å². The first-order chi connectivity index (χ1) is 9.16. The lowest BCUT2D eigenvalue weighted by molar-refractivity contribution is 0.00578. The van der Waals surface area contributed by atoms with Crippen molar-refractivity contribution in [1.29, 1.82) is 0 Å². The van der Waals surface area contributed by atoms with Gasteiger partial charge in [-0.05, 0) is 46.3 Å². The van der Waals surface area contributed by atoms with Crippen LogP contribution in [0.15, 0.2) is 30.0 Å². The van der Waals surface area contributed by atoms with Crippen molar-refractivity contribution in [3.05, 3.63) is 41.4 Å². The standard InChI is InChI=1S/C15H19BF2O2/c1-10(11-8-6-7-9-12(11)17)13(18)16-19-14(2,3)15(4,5)20-16/h6-9H,1-5H3. The van der Waals surface area contributed by atoms with Gasteiger partial charge in [0, 0.05) is 5.56 Å². The van der Waals surface area contributed by atoms with Crippen LogP contribution < -0.4 is 0 Å². The molecule has 1 heterocycles. The molecule has 20 heavy (non-hydrogen) atoms. The van der Waals surface area contributed by atoms with Gasteiger partial charge in [-0.15, -0.1) is 0 Å². The number of hydrogen-bond acceptors (Lipinski definition) is 2. The van der Waals surface area contributed by atoms with E-state index >= 15 is 0 Å². The van der Waals surface area contributed by atoms with Gasteiger partial charge in [0.1, 0.15) is 11.5 Å². The summed E-state index contributed by atoms with van der Waals surface area (Å²) in [5.41, 5.74) is -1.41. The SMILES string of the molecule is CC(=C(F)B1OC(C)(C)C(C)(C)O1)c1ccccc1F. The molecule has 1 fully saturated rings. The average Bonchev–Trinajstić information content (AvgIpc) is 2.57. The Morgan fingerprint density at radius 2 is 1.55 bits per heavy atom. The molecule has 0 aromatic heterocycles. The molecule has 2 nitrogen and oxygen atoms in total. The van der Waals surface area contributed by atoms with Crippen molar-refractivity contribution >= 4 is 12.7 Å². The molecule has 1 saturated heterocycles. The molecule has 1 aromatic rings. The van der Waals surface area contributed by atoms with E-state index in [4.69, 9.17) is 9.31 Å². The number of rotatable bonds is 2. The Hall–Kier alpha value is -1.20. The Morgan fingerprint density at radius 1 is 1.05 bits per heavy atom. The molecule has 0 N–H and O–H groups in total. The Morgan fingerprint density at radius 3 is 2.05 bits per heavy atom. The van der Waals surface area contributed by atoms with Crippen molar-refractivity contribution in [2.24, 2.45) is 0 Å². The molecular weight excluding hydrogens is 261 g/mol. The third kappa shape index (κ3) is 2.52. The zero-order valence-corrected chi connectivity index (χ0v) is 12.5. The Labute approximate surface area is 118 Å². The Bertz CT molecular complexity index is 537. The maximum atomic E-state index is 14.5. The fraction of sp³-hybridized carbons (Fsp3) is 0.467. The van der Waals surface area contributed by atoms with Crippen molar-refractivity contribution in [1.82, 2.24) is 0 Å². The number of allylic oxidation sites excluding steroid dienone is 1. The molecule has 2 rings (SSSR count). The maximum absolute atomic E-state index is 14.5. The van der Waals surface area contributed by atoms with Gasteiger partial charge in [0.15, 0.2) is 0 Å². The summed E-state index contributed by atoms with van der Waals surface area (Å²) in [5.74, 6) is -0.461. The molecule has 1 aromatic carbocycles. The lowest BCUT2D eigenvalue weighted by atomic mass is 9.83. The molecule has 0 aliphatic carbocycles. The van der Waals surface area contributed by atoms with E-state index in [-0.39, 0.29) is 11.1 Å². The number of hydrogen-bond donors (Lipinski definition) is 0. The quantitative estimate of drug-likeness (QED) is 0.757. The lowest BCUT2D eigenvalue weighted by Gasteiger charge is -2.32. The highest BCUT2D eigenvalue weighted by Gasteiger charge is 2.53. The molecule has 0 radical (unpaired) electrons. The van der Waals surface area contributed by atoms with E-state index in [0.717, 1.165) is 0 Å². The molecule has 0 unspecified atom stereocenters. The van der Waals surface area contributed by atoms with Gasteiger partial charge in [0.2, 0.25) is 0 Å². The van der Waals surface area contributed by atoms with Crippen molar-refractivity contribution in [2.75, 3.05) is 0 Å². The predicted molar refractivity (Wildman–Crippen MR) is 76.2 cm³/mol. The first-order valence-electron chi connectivity index (χ1n) is 6.62. The summed E-state index contributed by atoms with van der Waals surface area (Å²) in [6, 6.07) is 6.07. The summed E-state index contributed by atoms with van der Waals surface area (Å²) in [5, 5.41) is 0. The third-order valence-electron chi connectivity index (χ3n) is 4.10. The molecule has 1 aliphatic heterocycles. The van der Waals surface area contributed by atoms with E-state index in [1.807, 2.05) is 27.7 Å². The van der Waals surface area contributed by atoms with Crippen molar-refractivity contribution < 1.29 is 18.1 Å². The maximum Gasteiger partial charge on any atom is 0.525 e. The zero-order chi connectivity index (χ0) is 15.1. The Balaban J connectivity index is 2.35. The first kappa shape index (κ1) is 15.2. The topological polar surface area (TPSA) is 18.5 Å². The predicted octanol–water partition coefficient (Wildman–Crippen LogP) is 4.16. The summed E-state index contributed by atoms with van der Waals surface area (Å²) in [7, 11) is -1.10. The second kappa shape index (κ2) is 4.97. The van der Waals surface area contributed by atoms with Gasteiger partial charge >= 0.3 is 7.12 Å². The molecule has 0 saturated carbocycles. The van der Waals surface area contributed by atoms with Gasteiger partial charge in [-0.2, -0.15) is 0 Å². The van der Waals surface area contributed by atoms with Gasteiger partial charge in [-0.1, -0.05) is 18.2 Å². The van der Waals surface area contributed by atoms with Crippen molar-refractivity contribution in [3.63, 3.8) is 0 Å². The monoisotopic (exact) mass is 280 g/mol. The third-order valence-corrected chi connectivity index (χ3v) is 4.10. The van der Waals surface area contributed by atoms with Crippen LogP contribution in [0.4, 0.5) is 8.78 Å². The second-order valence-corrected chi connectivity index (χ2v) is 6.04. The van der Waals surface area contributed by atoms with Gasteiger partial charge in [0.25, 0.3) is 0 Å². The van der Waals surface area contributed by atoms with Crippen LogP contribution in [-0.2, 0) is 9.31 Å². The van der Waals surface area contributed by atoms with Crippen LogP contribution >= 0.6 is 0 Å². The minimum atomic E-state index is -1.10. The zero-order valence-electron chi connectivity index (χ0n) is 12.5. The highest BCUT2D eigenvalue weighted by molar-refractivity contribution is 6.55. The van der Waals surface area contributed by atoms with E-state index in [0.29, 0.717) is 0 Å². The van der Waals surface area contributed by atoms with Crippen LogP contribution in [0.2, 0.25) is 0 Å². The van der Waals surface area contributed by atoms with Crippen LogP contribution in [-0.4, -0.2) is 18.3 Å². The van der Waals surface area contributed by atoms with Crippen LogP contribution in [0.25, 0.3) is 5.57 Å². The molecule has 0 bridgehead atoms. The molecule has 108 valence electrons. The van der Waals surface area contributed by atoms with Crippen LogP contribution in [0.1, 0.15) is 40.2 Å². The van der Waals surface area contributed by atoms with Crippen LogP contribution in [0.3, 0.4) is 0 Å². The molecule has 5 heteroatoms. The smallest absolute Gasteiger partial charge is 0.398 e. The molecule has 1 aliphatic rings. The Kier molecular flexibility index (Phi) is 3.78. The molecule has 0 atom stereocenters. The summed E-state index contributed by atoms with van der Waals surface area (Å²) in [6.07, 6.45) is 0. The lowest BCUT2D eigenvalue weighted by Crippen LogP contribution is -2.41. The summed E-state index contributed by atoms with van der Waals surface area (Å²) in [4.78, 5) is 0. The fourth-order valence-electron chi connectivity index (χ4n) is 2.02. The fourth-order valence-corrected chi connectivity index (χ4v) is 2.02. The largest absolute Gasteiger partial charge is 0.525 e. The summed E-state index contributed by atoms with van der Waals surface area (Å²) < 4.78 is 39.5. The minimum absolute atomic E-state index is 0.196. The highest BCUT2D eigenvalue weighted by atomic mass is 19.1. The van der Waals surface area contributed by atoms with E-state index in [1.54, 1.807) is 12.1 Å². The van der Waals surface area contributed by atoms with Gasteiger partial charge < -0.3 is 9.31 Å². The molecular formula is C15H19BF2O2. The van der Waals surface area contributed by atoms with Gasteiger partial charge in [-0.3, -0.25) is 0 Å². The summed E-state index contributed by atoms with van der Waals surface area (Å²) in [6.45, 7) is 8.91. The molecule has 0 amide bonds. The van der Waals surface area contributed by atoms with Crippen molar-refractivity contribution in [2.45, 2.75) is 45.8 Å². The van der Waals surface area contributed by atoms with E-state index in [2.05, 4.69) is 0 Å². The van der Waals surface area contributed by atoms with Crippen LogP contribution in [0.5, 0.6) is 0 Å². The van der Waals surface area contributed by atoms with E-state index in [1.165, 1.54) is 19.1 Å². The normalized spacial score (nSPS) is 21.9. The van der Waals surface area contributed by atoms with E-state index < -0.39 is 29.9 Å². The average molecular weight is 280 g/mol. The number of halogens is 2. The minimum Gasteiger partial charge on any atom is -0.398 e. The molecule has 0 spiro atoms. The van der Waals surface area contributed by atoms with Crippen molar-refractivity contribution in [3.8, 4) is 0 Å². The van der Waals surface area contributed by atoms with Gasteiger partial charge in [0.05, 0.1) is 11.2 Å². The summed E-state index contributed by atoms with van der Waals surface area (Å²) >= 11 is 0. The first-order valence-corrected chi connectivity index (χ1v) is 6.62. The van der Waals surface area contributed by atoms with E-state index in [9.17, 15) is 8.78 Å². The second-order valence-electron chi connectivity index (χ2n) is 6.04. The van der Waals surface area contributed by atoms with Crippen LogP contribution in [0, 0.1) is 5.82 Å². The highest BCUT2D eigenvalue weighted by Crippen LogP contribution is 2.40.